The molecule has 0 saturated carbocycles. The third-order valence-corrected chi connectivity index (χ3v) is 4.93. The topological polar surface area (TPSA) is 94.5 Å². The number of nitrogens with zero attached hydrogens (tertiary/aromatic N) is 3. The SMILES string of the molecule is NC(=O)c1cccc(-c2cnn3ccc(Nc4ccc(Oc5ccccc5)cc4)nc23)c1. The van der Waals surface area contributed by atoms with E-state index in [-0.39, 0.29) is 0 Å². The van der Waals surface area contributed by atoms with Crippen LogP contribution in [0.15, 0.2) is 97.3 Å². The van der Waals surface area contributed by atoms with Crippen LogP contribution in [-0.4, -0.2) is 20.5 Å². The number of fused-ring (bicyclic) bond motifs is 1. The van der Waals surface area contributed by atoms with Gasteiger partial charge in [-0.1, -0.05) is 30.3 Å². The molecule has 5 aromatic rings. The van der Waals surface area contributed by atoms with Gasteiger partial charge >= 0.3 is 0 Å². The van der Waals surface area contributed by atoms with E-state index in [4.69, 9.17) is 15.5 Å². The molecule has 1 amide bonds. The van der Waals surface area contributed by atoms with Crippen molar-refractivity contribution in [2.75, 3.05) is 5.32 Å². The third kappa shape index (κ3) is 3.99. The van der Waals surface area contributed by atoms with Crippen molar-refractivity contribution in [1.82, 2.24) is 14.6 Å². The van der Waals surface area contributed by atoms with Crippen LogP contribution in [0.1, 0.15) is 10.4 Å². The highest BCUT2D eigenvalue weighted by molar-refractivity contribution is 5.94. The first-order chi connectivity index (χ1) is 15.7. The molecule has 0 radical (unpaired) electrons. The van der Waals surface area contributed by atoms with Gasteiger partial charge in [0.15, 0.2) is 5.65 Å². The summed E-state index contributed by atoms with van der Waals surface area (Å²) in [6, 6.07) is 26.2. The highest BCUT2D eigenvalue weighted by Gasteiger charge is 2.11. The quantitative estimate of drug-likeness (QED) is 0.401. The Bertz CT molecular complexity index is 1400. The number of amides is 1. The molecule has 7 nitrogen and oxygen atoms in total. The van der Waals surface area contributed by atoms with Crippen LogP contribution < -0.4 is 15.8 Å². The fourth-order valence-electron chi connectivity index (χ4n) is 3.36. The minimum Gasteiger partial charge on any atom is -0.457 e. The van der Waals surface area contributed by atoms with Crippen molar-refractivity contribution in [2.24, 2.45) is 5.73 Å². The first-order valence-electron chi connectivity index (χ1n) is 10.0. The zero-order valence-electron chi connectivity index (χ0n) is 17.0. The number of ether oxygens (including phenoxy) is 1. The Hall–Kier alpha value is -4.65. The number of nitrogens with one attached hydrogen (secondary N) is 1. The highest BCUT2D eigenvalue weighted by atomic mass is 16.5. The lowest BCUT2D eigenvalue weighted by molar-refractivity contribution is 0.100. The summed E-state index contributed by atoms with van der Waals surface area (Å²) in [7, 11) is 0. The molecular weight excluding hydrogens is 402 g/mol. The van der Waals surface area contributed by atoms with Gasteiger partial charge in [0.1, 0.15) is 17.3 Å². The maximum atomic E-state index is 11.5. The Kier molecular flexibility index (Phi) is 4.97. The van der Waals surface area contributed by atoms with Crippen LogP contribution in [0, 0.1) is 0 Å². The molecule has 0 bridgehead atoms. The lowest BCUT2D eigenvalue weighted by Gasteiger charge is -2.09. The molecule has 0 aliphatic heterocycles. The lowest BCUT2D eigenvalue weighted by Crippen LogP contribution is -2.10. The van der Waals surface area contributed by atoms with E-state index in [2.05, 4.69) is 10.4 Å². The molecule has 2 aromatic heterocycles. The van der Waals surface area contributed by atoms with Crippen molar-refractivity contribution in [1.29, 1.82) is 0 Å². The van der Waals surface area contributed by atoms with Gasteiger partial charge in [-0.05, 0) is 60.2 Å². The second-order valence-electron chi connectivity index (χ2n) is 7.15. The number of primary amides is 1. The minimum atomic E-state index is -0.474. The van der Waals surface area contributed by atoms with E-state index in [1.807, 2.05) is 72.9 Å². The van der Waals surface area contributed by atoms with Crippen molar-refractivity contribution < 1.29 is 9.53 Å². The maximum Gasteiger partial charge on any atom is 0.248 e. The number of aromatic nitrogens is 3. The Labute approximate surface area is 184 Å². The number of anilines is 2. The van der Waals surface area contributed by atoms with Gasteiger partial charge in [-0.2, -0.15) is 5.10 Å². The van der Waals surface area contributed by atoms with Gasteiger partial charge < -0.3 is 15.8 Å². The van der Waals surface area contributed by atoms with Gasteiger partial charge in [-0.15, -0.1) is 0 Å². The molecule has 0 saturated heterocycles. The molecule has 0 spiro atoms. The molecule has 7 heteroatoms. The predicted octanol–water partition coefficient (Wildman–Crippen LogP) is 5.03. The summed E-state index contributed by atoms with van der Waals surface area (Å²) in [5, 5.41) is 7.67. The molecule has 3 N–H and O–H groups in total. The van der Waals surface area contributed by atoms with Crippen LogP contribution in [-0.2, 0) is 0 Å². The number of hydrogen-bond acceptors (Lipinski definition) is 5. The largest absolute Gasteiger partial charge is 0.457 e. The maximum absolute atomic E-state index is 11.5. The van der Waals surface area contributed by atoms with E-state index < -0.39 is 5.91 Å². The van der Waals surface area contributed by atoms with E-state index in [1.165, 1.54) is 0 Å². The summed E-state index contributed by atoms with van der Waals surface area (Å²) in [6.45, 7) is 0. The number of para-hydroxylation sites is 1. The number of benzene rings is 3. The minimum absolute atomic E-state index is 0.439. The fourth-order valence-corrected chi connectivity index (χ4v) is 3.36. The van der Waals surface area contributed by atoms with Gasteiger partial charge in [0.25, 0.3) is 0 Å². The molecule has 2 heterocycles. The lowest BCUT2D eigenvalue weighted by atomic mass is 10.1. The Morgan fingerprint density at radius 3 is 2.47 bits per heavy atom. The highest BCUT2D eigenvalue weighted by Crippen LogP contribution is 2.27. The average molecular weight is 421 g/mol. The second kappa shape index (κ2) is 8.23. The van der Waals surface area contributed by atoms with Crippen molar-refractivity contribution in [3.05, 3.63) is 103 Å². The number of rotatable bonds is 6. The molecule has 0 unspecified atom stereocenters. The van der Waals surface area contributed by atoms with Crippen molar-refractivity contribution in [3.8, 4) is 22.6 Å². The molecule has 0 aliphatic carbocycles. The summed E-state index contributed by atoms with van der Waals surface area (Å²) < 4.78 is 7.52. The van der Waals surface area contributed by atoms with E-state index in [9.17, 15) is 4.79 Å². The number of carbonyl (C=O) groups is 1. The zero-order chi connectivity index (χ0) is 21.9. The van der Waals surface area contributed by atoms with Crippen LogP contribution in [0.5, 0.6) is 11.5 Å². The van der Waals surface area contributed by atoms with E-state index in [1.54, 1.807) is 28.9 Å². The van der Waals surface area contributed by atoms with Crippen molar-refractivity contribution >= 4 is 23.1 Å². The molecule has 156 valence electrons. The standard InChI is InChI=1S/C25H19N5O2/c26-24(31)18-6-4-5-17(15-18)22-16-27-30-14-13-23(29-25(22)30)28-19-9-11-21(12-10-19)32-20-7-2-1-3-8-20/h1-16H,(H2,26,31)(H,28,29). The van der Waals surface area contributed by atoms with Crippen LogP contribution in [0.3, 0.4) is 0 Å². The summed E-state index contributed by atoms with van der Waals surface area (Å²) in [5.41, 5.74) is 9.03. The first-order valence-corrected chi connectivity index (χ1v) is 10.0. The van der Waals surface area contributed by atoms with E-state index >= 15 is 0 Å². The molecule has 0 aliphatic rings. The summed E-state index contributed by atoms with van der Waals surface area (Å²) in [4.78, 5) is 16.3. The first kappa shape index (κ1) is 19.3. The normalized spacial score (nSPS) is 10.8. The van der Waals surface area contributed by atoms with E-state index in [0.717, 1.165) is 28.3 Å². The Morgan fingerprint density at radius 1 is 0.906 bits per heavy atom. The summed E-state index contributed by atoms with van der Waals surface area (Å²) in [6.07, 6.45) is 3.56. The molecule has 0 fully saturated rings. The molecule has 0 atom stereocenters. The molecule has 32 heavy (non-hydrogen) atoms. The second-order valence-corrected chi connectivity index (χ2v) is 7.15. The van der Waals surface area contributed by atoms with Crippen LogP contribution in [0.25, 0.3) is 16.8 Å². The monoisotopic (exact) mass is 421 g/mol. The van der Waals surface area contributed by atoms with Gasteiger partial charge in [-0.3, -0.25) is 4.79 Å². The van der Waals surface area contributed by atoms with Gasteiger partial charge in [0.2, 0.25) is 5.91 Å². The number of nitrogens with two attached hydrogens (primary N) is 1. The molecular formula is C25H19N5O2. The van der Waals surface area contributed by atoms with Gasteiger partial charge in [0.05, 0.1) is 6.20 Å². The van der Waals surface area contributed by atoms with Crippen LogP contribution in [0.4, 0.5) is 11.5 Å². The smallest absolute Gasteiger partial charge is 0.248 e. The number of hydrogen-bond donors (Lipinski definition) is 2. The number of carbonyl (C=O) groups excluding carboxylic acids is 1. The van der Waals surface area contributed by atoms with Gasteiger partial charge in [0, 0.05) is 23.0 Å². The molecule has 3 aromatic carbocycles. The van der Waals surface area contributed by atoms with Gasteiger partial charge in [-0.25, -0.2) is 9.50 Å². The Morgan fingerprint density at radius 2 is 1.69 bits per heavy atom. The van der Waals surface area contributed by atoms with E-state index in [0.29, 0.717) is 17.0 Å². The molecule has 5 rings (SSSR count). The zero-order valence-corrected chi connectivity index (χ0v) is 17.0. The fraction of sp³-hybridized carbons (Fsp3) is 0. The third-order valence-electron chi connectivity index (χ3n) is 4.93. The van der Waals surface area contributed by atoms with Crippen LogP contribution in [0.2, 0.25) is 0 Å². The average Bonchev–Trinajstić information content (AvgIpc) is 3.24. The van der Waals surface area contributed by atoms with Crippen molar-refractivity contribution in [2.45, 2.75) is 0 Å². The van der Waals surface area contributed by atoms with Crippen LogP contribution >= 0.6 is 0 Å². The Balaban J connectivity index is 1.39. The van der Waals surface area contributed by atoms with Crippen molar-refractivity contribution in [3.63, 3.8) is 0 Å². The summed E-state index contributed by atoms with van der Waals surface area (Å²) >= 11 is 0. The summed E-state index contributed by atoms with van der Waals surface area (Å²) in [5.74, 6) is 1.73. The predicted molar refractivity (Wildman–Crippen MR) is 123 cm³/mol.